The second kappa shape index (κ2) is 5.28. The lowest BCUT2D eigenvalue weighted by atomic mass is 10.2. The Labute approximate surface area is 120 Å². The number of hydrogen-bond acceptors (Lipinski definition) is 6. The summed E-state index contributed by atoms with van der Waals surface area (Å²) < 4.78 is 6.20. The normalized spacial score (nSPS) is 10.8. The molecule has 0 aliphatic carbocycles. The molecular weight excluding hydrogens is 270 g/mol. The number of fused-ring (bicyclic) bond motifs is 1. The number of carbonyl (C=O) groups excluding carboxylic acids is 1. The molecule has 0 radical (unpaired) electrons. The van der Waals surface area contributed by atoms with Gasteiger partial charge in [-0.25, -0.2) is 9.78 Å². The van der Waals surface area contributed by atoms with Crippen molar-refractivity contribution in [1.82, 2.24) is 24.8 Å². The molecule has 0 spiro atoms. The predicted molar refractivity (Wildman–Crippen MR) is 74.7 cm³/mol. The Balaban J connectivity index is 2.08. The van der Waals surface area contributed by atoms with Crippen molar-refractivity contribution in [2.24, 2.45) is 0 Å². The summed E-state index contributed by atoms with van der Waals surface area (Å²) >= 11 is 0. The number of aryl methyl sites for hydroxylation is 1. The van der Waals surface area contributed by atoms with E-state index in [1.54, 1.807) is 13.8 Å². The van der Waals surface area contributed by atoms with Crippen molar-refractivity contribution in [1.29, 1.82) is 0 Å². The van der Waals surface area contributed by atoms with Gasteiger partial charge in [-0.1, -0.05) is 30.3 Å². The Morgan fingerprint density at radius 3 is 2.67 bits per heavy atom. The van der Waals surface area contributed by atoms with Gasteiger partial charge in [0.05, 0.1) is 12.3 Å². The van der Waals surface area contributed by atoms with Gasteiger partial charge in [-0.2, -0.15) is 4.98 Å². The molecule has 0 amide bonds. The van der Waals surface area contributed by atoms with Gasteiger partial charge in [0, 0.05) is 5.56 Å². The van der Waals surface area contributed by atoms with E-state index in [0.717, 1.165) is 5.56 Å². The number of benzene rings is 1. The molecule has 2 aromatic heterocycles. The van der Waals surface area contributed by atoms with Crippen molar-refractivity contribution < 1.29 is 9.53 Å². The smallest absolute Gasteiger partial charge is 0.360 e. The van der Waals surface area contributed by atoms with Crippen LogP contribution >= 0.6 is 0 Å². The number of esters is 1. The third-order valence-electron chi connectivity index (χ3n) is 2.88. The highest BCUT2D eigenvalue weighted by Crippen LogP contribution is 2.15. The van der Waals surface area contributed by atoms with Crippen LogP contribution in [0.15, 0.2) is 30.3 Å². The SMILES string of the molecule is CCOC(=O)c1nn2nc(-c3ccccc3)nc2nc1C. The molecule has 0 aliphatic heterocycles. The minimum atomic E-state index is -0.513. The van der Waals surface area contributed by atoms with E-state index in [2.05, 4.69) is 20.2 Å². The molecule has 0 saturated heterocycles. The van der Waals surface area contributed by atoms with Crippen LogP contribution in [0.2, 0.25) is 0 Å². The van der Waals surface area contributed by atoms with Crippen LogP contribution in [0.3, 0.4) is 0 Å². The molecule has 7 nitrogen and oxygen atoms in total. The lowest BCUT2D eigenvalue weighted by Crippen LogP contribution is -2.14. The standard InChI is InChI=1S/C14H13N5O2/c1-3-21-13(20)11-9(2)15-14-16-12(18-19(14)17-11)10-7-5-4-6-8-10/h4-8H,3H2,1-2H3. The highest BCUT2D eigenvalue weighted by atomic mass is 16.5. The van der Waals surface area contributed by atoms with E-state index >= 15 is 0 Å². The summed E-state index contributed by atoms with van der Waals surface area (Å²) in [4.78, 5) is 20.4. The summed E-state index contributed by atoms with van der Waals surface area (Å²) in [6.07, 6.45) is 0. The Hall–Kier alpha value is -2.83. The molecule has 7 heteroatoms. The lowest BCUT2D eigenvalue weighted by Gasteiger charge is -2.02. The van der Waals surface area contributed by atoms with Gasteiger partial charge < -0.3 is 4.74 Å². The predicted octanol–water partition coefficient (Wildman–Crippen LogP) is 1.67. The zero-order chi connectivity index (χ0) is 14.8. The van der Waals surface area contributed by atoms with Crippen LogP contribution in [0.25, 0.3) is 17.2 Å². The molecule has 0 N–H and O–H groups in total. The van der Waals surface area contributed by atoms with Gasteiger partial charge in [0.25, 0.3) is 5.78 Å². The van der Waals surface area contributed by atoms with Crippen molar-refractivity contribution in [3.63, 3.8) is 0 Å². The van der Waals surface area contributed by atoms with E-state index in [1.807, 2.05) is 30.3 Å². The van der Waals surface area contributed by atoms with E-state index in [1.165, 1.54) is 4.63 Å². The quantitative estimate of drug-likeness (QED) is 0.680. The maximum absolute atomic E-state index is 11.8. The van der Waals surface area contributed by atoms with Crippen molar-refractivity contribution in [2.75, 3.05) is 6.61 Å². The second-order valence-electron chi connectivity index (χ2n) is 4.36. The maximum Gasteiger partial charge on any atom is 0.360 e. The van der Waals surface area contributed by atoms with Gasteiger partial charge in [0.1, 0.15) is 0 Å². The Bertz CT molecular complexity index is 798. The summed E-state index contributed by atoms with van der Waals surface area (Å²) in [5, 5.41) is 8.40. The van der Waals surface area contributed by atoms with Crippen molar-refractivity contribution in [3.8, 4) is 11.4 Å². The molecule has 0 aliphatic rings. The van der Waals surface area contributed by atoms with Crippen LogP contribution in [0.5, 0.6) is 0 Å². The zero-order valence-corrected chi connectivity index (χ0v) is 11.6. The molecule has 0 bridgehead atoms. The largest absolute Gasteiger partial charge is 0.461 e. The number of nitrogens with zero attached hydrogens (tertiary/aromatic N) is 5. The molecule has 3 aromatic rings. The fourth-order valence-electron chi connectivity index (χ4n) is 1.90. The molecule has 0 unspecified atom stereocenters. The molecular formula is C14H13N5O2. The molecule has 21 heavy (non-hydrogen) atoms. The summed E-state index contributed by atoms with van der Waals surface area (Å²) in [7, 11) is 0. The molecule has 106 valence electrons. The van der Waals surface area contributed by atoms with Crippen LogP contribution in [-0.4, -0.2) is 37.4 Å². The third-order valence-corrected chi connectivity index (χ3v) is 2.88. The number of aromatic nitrogens is 5. The molecule has 0 saturated carbocycles. The zero-order valence-electron chi connectivity index (χ0n) is 11.6. The molecule has 0 fully saturated rings. The first-order chi connectivity index (χ1) is 10.2. The van der Waals surface area contributed by atoms with Crippen LogP contribution in [0.1, 0.15) is 23.1 Å². The van der Waals surface area contributed by atoms with E-state index in [4.69, 9.17) is 4.74 Å². The summed E-state index contributed by atoms with van der Waals surface area (Å²) in [5.74, 6) is 0.344. The molecule has 2 heterocycles. The molecule has 0 atom stereocenters. The van der Waals surface area contributed by atoms with Gasteiger partial charge in [-0.3, -0.25) is 0 Å². The van der Waals surface area contributed by atoms with Gasteiger partial charge in [0.2, 0.25) is 0 Å². The van der Waals surface area contributed by atoms with E-state index in [9.17, 15) is 4.79 Å². The van der Waals surface area contributed by atoms with Gasteiger partial charge in [-0.05, 0) is 13.8 Å². The monoisotopic (exact) mass is 283 g/mol. The van der Waals surface area contributed by atoms with Gasteiger partial charge in [0.15, 0.2) is 11.5 Å². The number of hydrogen-bond donors (Lipinski definition) is 0. The van der Waals surface area contributed by atoms with Crippen LogP contribution in [-0.2, 0) is 4.74 Å². The maximum atomic E-state index is 11.8. The Morgan fingerprint density at radius 2 is 1.95 bits per heavy atom. The van der Waals surface area contributed by atoms with Crippen LogP contribution in [0.4, 0.5) is 0 Å². The lowest BCUT2D eigenvalue weighted by molar-refractivity contribution is 0.0515. The minimum absolute atomic E-state index is 0.147. The van der Waals surface area contributed by atoms with E-state index in [-0.39, 0.29) is 12.3 Å². The number of rotatable bonds is 3. The second-order valence-corrected chi connectivity index (χ2v) is 4.36. The first kappa shape index (κ1) is 13.2. The average Bonchev–Trinajstić information content (AvgIpc) is 2.90. The minimum Gasteiger partial charge on any atom is -0.461 e. The first-order valence-corrected chi connectivity index (χ1v) is 6.53. The summed E-state index contributed by atoms with van der Waals surface area (Å²) in [5.41, 5.74) is 1.47. The average molecular weight is 283 g/mol. The van der Waals surface area contributed by atoms with Crippen molar-refractivity contribution in [2.45, 2.75) is 13.8 Å². The fourth-order valence-corrected chi connectivity index (χ4v) is 1.90. The summed E-state index contributed by atoms with van der Waals surface area (Å²) in [6, 6.07) is 9.51. The first-order valence-electron chi connectivity index (χ1n) is 6.53. The van der Waals surface area contributed by atoms with Crippen molar-refractivity contribution in [3.05, 3.63) is 41.7 Å². The molecule has 3 rings (SSSR count). The van der Waals surface area contributed by atoms with E-state index in [0.29, 0.717) is 17.3 Å². The highest BCUT2D eigenvalue weighted by Gasteiger charge is 2.17. The Morgan fingerprint density at radius 1 is 1.19 bits per heavy atom. The summed E-state index contributed by atoms with van der Waals surface area (Å²) in [6.45, 7) is 3.71. The van der Waals surface area contributed by atoms with Crippen molar-refractivity contribution >= 4 is 11.7 Å². The Kier molecular flexibility index (Phi) is 3.31. The number of ether oxygens (including phenoxy) is 1. The third kappa shape index (κ3) is 2.45. The van der Waals surface area contributed by atoms with Crippen LogP contribution < -0.4 is 0 Å². The number of carbonyl (C=O) groups is 1. The van der Waals surface area contributed by atoms with E-state index < -0.39 is 5.97 Å². The van der Waals surface area contributed by atoms with Crippen LogP contribution in [0, 0.1) is 6.92 Å². The topological polar surface area (TPSA) is 82.3 Å². The highest BCUT2D eigenvalue weighted by molar-refractivity contribution is 5.88. The van der Waals surface area contributed by atoms with Gasteiger partial charge >= 0.3 is 5.97 Å². The van der Waals surface area contributed by atoms with Gasteiger partial charge in [-0.15, -0.1) is 14.8 Å². The molecule has 1 aromatic carbocycles. The fraction of sp³-hybridized carbons (Fsp3) is 0.214.